The predicted octanol–water partition coefficient (Wildman–Crippen LogP) is 4.03. The highest BCUT2D eigenvalue weighted by atomic mass is 32.1. The van der Waals surface area contributed by atoms with Gasteiger partial charge in [0.1, 0.15) is 17.3 Å². The summed E-state index contributed by atoms with van der Waals surface area (Å²) in [7, 11) is 0. The number of nitrogens with two attached hydrogens (primary N) is 1. The summed E-state index contributed by atoms with van der Waals surface area (Å²) >= 11 is 1.61. The molecule has 176 valence electrons. The molecule has 2 aromatic heterocycles. The molecule has 0 saturated carbocycles. The zero-order valence-corrected chi connectivity index (χ0v) is 19.3. The van der Waals surface area contributed by atoms with Crippen LogP contribution in [0.4, 0.5) is 14.5 Å². The third-order valence-electron chi connectivity index (χ3n) is 6.64. The van der Waals surface area contributed by atoms with Gasteiger partial charge in [0.15, 0.2) is 0 Å². The molecule has 1 unspecified atom stereocenters. The highest BCUT2D eigenvalue weighted by Gasteiger charge is 2.37. The maximum absolute atomic E-state index is 14.1. The van der Waals surface area contributed by atoms with Crippen LogP contribution in [0.2, 0.25) is 0 Å². The summed E-state index contributed by atoms with van der Waals surface area (Å²) in [6, 6.07) is 12.9. The number of anilines is 1. The molecule has 6 rings (SSSR count). The summed E-state index contributed by atoms with van der Waals surface area (Å²) in [6.45, 7) is 0.479. The molecule has 35 heavy (non-hydrogen) atoms. The zero-order valence-electron chi connectivity index (χ0n) is 18.5. The summed E-state index contributed by atoms with van der Waals surface area (Å²) in [5, 5.41) is 12.5. The molecular weight excluding hydrogens is 468 g/mol. The Morgan fingerprint density at radius 3 is 2.89 bits per heavy atom. The molecular formula is C26H21F2N5OS. The number of amides is 1. The second-order valence-electron chi connectivity index (χ2n) is 8.68. The van der Waals surface area contributed by atoms with Crippen molar-refractivity contribution in [3.8, 4) is 0 Å². The van der Waals surface area contributed by atoms with Crippen molar-refractivity contribution < 1.29 is 13.6 Å². The first-order valence-corrected chi connectivity index (χ1v) is 12.0. The molecule has 2 aliphatic heterocycles. The normalized spacial score (nSPS) is 18.6. The lowest BCUT2D eigenvalue weighted by molar-refractivity contribution is -0.117. The van der Waals surface area contributed by atoms with Crippen LogP contribution in [-0.2, 0) is 23.3 Å². The molecule has 2 aromatic carbocycles. The number of nitrogens with zero attached hydrogens (tertiary/aromatic N) is 2. The van der Waals surface area contributed by atoms with Gasteiger partial charge in [0.05, 0.1) is 12.1 Å². The van der Waals surface area contributed by atoms with Crippen molar-refractivity contribution in [1.82, 2.24) is 15.5 Å². The number of hydrogen-bond donors (Lipinski definition) is 3. The lowest BCUT2D eigenvalue weighted by Gasteiger charge is -2.35. The number of carbonyl (C=O) groups excluding carboxylic acids is 1. The molecule has 0 saturated heterocycles. The largest absolute Gasteiger partial charge is 0.365 e. The van der Waals surface area contributed by atoms with Crippen molar-refractivity contribution in [2.75, 3.05) is 11.4 Å². The Labute approximate surface area is 204 Å². The van der Waals surface area contributed by atoms with E-state index in [2.05, 4.69) is 15.5 Å². The quantitative estimate of drug-likeness (QED) is 0.404. The smallest absolute Gasteiger partial charge is 0.231 e. The third kappa shape index (κ3) is 3.55. The van der Waals surface area contributed by atoms with Crippen LogP contribution >= 0.6 is 11.3 Å². The van der Waals surface area contributed by atoms with E-state index in [0.717, 1.165) is 56.7 Å². The van der Waals surface area contributed by atoms with E-state index in [1.165, 1.54) is 0 Å². The molecule has 4 heterocycles. The maximum atomic E-state index is 14.1. The highest BCUT2D eigenvalue weighted by molar-refractivity contribution is 7.11. The molecule has 6 nitrogen and oxygen atoms in total. The average Bonchev–Trinajstić information content (AvgIpc) is 3.62. The van der Waals surface area contributed by atoms with E-state index in [1.54, 1.807) is 22.4 Å². The van der Waals surface area contributed by atoms with Crippen LogP contribution in [0.15, 0.2) is 66.3 Å². The van der Waals surface area contributed by atoms with Crippen LogP contribution in [0.5, 0.6) is 0 Å². The molecule has 1 amide bonds. The van der Waals surface area contributed by atoms with Crippen molar-refractivity contribution in [2.24, 2.45) is 5.73 Å². The molecule has 0 fully saturated rings. The van der Waals surface area contributed by atoms with Crippen molar-refractivity contribution in [2.45, 2.75) is 18.5 Å². The Bertz CT molecular complexity index is 1480. The van der Waals surface area contributed by atoms with E-state index in [-0.39, 0.29) is 17.9 Å². The first-order valence-electron chi connectivity index (χ1n) is 11.2. The van der Waals surface area contributed by atoms with E-state index in [1.807, 2.05) is 41.9 Å². The molecule has 2 aliphatic rings. The average molecular weight is 490 g/mol. The van der Waals surface area contributed by atoms with Gasteiger partial charge in [-0.05, 0) is 65.4 Å². The summed E-state index contributed by atoms with van der Waals surface area (Å²) in [5.41, 5.74) is 11.4. The molecule has 0 aliphatic carbocycles. The molecule has 4 N–H and O–H groups in total. The molecule has 0 radical (unpaired) electrons. The van der Waals surface area contributed by atoms with E-state index in [0.29, 0.717) is 13.0 Å². The summed E-state index contributed by atoms with van der Waals surface area (Å²) in [5.74, 6) is -1.42. The number of rotatable bonds is 4. The highest BCUT2D eigenvalue weighted by Crippen LogP contribution is 2.41. The Morgan fingerprint density at radius 1 is 1.17 bits per heavy atom. The number of benzene rings is 2. The predicted molar refractivity (Wildman–Crippen MR) is 131 cm³/mol. The number of carbonyl (C=O) groups is 1. The van der Waals surface area contributed by atoms with Gasteiger partial charge in [-0.25, -0.2) is 8.78 Å². The summed E-state index contributed by atoms with van der Waals surface area (Å²) < 4.78 is 27.6. The van der Waals surface area contributed by atoms with Gasteiger partial charge in [0.2, 0.25) is 5.91 Å². The minimum atomic E-state index is -0.938. The van der Waals surface area contributed by atoms with Crippen LogP contribution in [0.3, 0.4) is 0 Å². The summed E-state index contributed by atoms with van der Waals surface area (Å²) in [6.07, 6.45) is 4.13. The molecule has 0 bridgehead atoms. The van der Waals surface area contributed by atoms with E-state index >= 15 is 0 Å². The molecule has 4 aromatic rings. The number of hydrogen-bond acceptors (Lipinski definition) is 5. The second kappa shape index (κ2) is 8.14. The number of aromatic nitrogens is 2. The van der Waals surface area contributed by atoms with Crippen molar-refractivity contribution in [3.05, 3.63) is 111 Å². The van der Waals surface area contributed by atoms with Crippen LogP contribution in [-0.4, -0.2) is 22.6 Å². The lowest BCUT2D eigenvalue weighted by Crippen LogP contribution is -2.51. The van der Waals surface area contributed by atoms with Gasteiger partial charge in [-0.2, -0.15) is 5.10 Å². The maximum Gasteiger partial charge on any atom is 0.231 e. The van der Waals surface area contributed by atoms with E-state index < -0.39 is 17.3 Å². The van der Waals surface area contributed by atoms with Crippen LogP contribution < -0.4 is 16.0 Å². The SMILES string of the molecule is NC1(c2ccc3c(c2)CCN3C(=O)Cc2cc(F)ccc2F)NC=C(c2cc[nH]n2)c2sccc21. The van der Waals surface area contributed by atoms with Gasteiger partial charge < -0.3 is 16.0 Å². The number of halogens is 2. The van der Waals surface area contributed by atoms with E-state index in [4.69, 9.17) is 5.73 Å². The minimum absolute atomic E-state index is 0.0527. The standard InChI is InChI=1S/C26H21F2N5OS/c27-18-2-3-21(28)16(12-18)13-24(34)33-9-6-15-11-17(1-4-23(15)33)26(29)20-7-10-35-25(20)19(14-30-26)22-5-8-31-32-22/h1-5,7-8,10-12,14,30H,6,9,13,29H2,(H,31,32). The number of fused-ring (bicyclic) bond motifs is 2. The Hall–Kier alpha value is -3.82. The lowest BCUT2D eigenvalue weighted by atomic mass is 9.87. The Kier molecular flexibility index (Phi) is 5.05. The number of aromatic amines is 1. The van der Waals surface area contributed by atoms with Crippen molar-refractivity contribution in [3.63, 3.8) is 0 Å². The van der Waals surface area contributed by atoms with Crippen LogP contribution in [0.25, 0.3) is 5.57 Å². The van der Waals surface area contributed by atoms with Crippen molar-refractivity contribution >= 4 is 28.5 Å². The Balaban J connectivity index is 1.29. The molecule has 1 atom stereocenters. The fraction of sp³-hybridized carbons (Fsp3) is 0.154. The zero-order chi connectivity index (χ0) is 24.2. The second-order valence-corrected chi connectivity index (χ2v) is 9.60. The molecule has 9 heteroatoms. The van der Waals surface area contributed by atoms with Gasteiger partial charge >= 0.3 is 0 Å². The van der Waals surface area contributed by atoms with Crippen LogP contribution in [0, 0.1) is 11.6 Å². The minimum Gasteiger partial charge on any atom is -0.365 e. The van der Waals surface area contributed by atoms with Gasteiger partial charge in [-0.3, -0.25) is 9.89 Å². The first kappa shape index (κ1) is 21.7. The monoisotopic (exact) mass is 489 g/mol. The van der Waals surface area contributed by atoms with Gasteiger partial charge in [0.25, 0.3) is 0 Å². The number of thiophene rings is 1. The molecule has 0 spiro atoms. The van der Waals surface area contributed by atoms with Crippen molar-refractivity contribution in [1.29, 1.82) is 0 Å². The van der Waals surface area contributed by atoms with Gasteiger partial charge in [0, 0.05) is 46.2 Å². The Morgan fingerprint density at radius 2 is 2.06 bits per heavy atom. The fourth-order valence-electron chi connectivity index (χ4n) is 4.84. The summed E-state index contributed by atoms with van der Waals surface area (Å²) in [4.78, 5) is 15.6. The number of H-pyrrole nitrogens is 1. The van der Waals surface area contributed by atoms with Gasteiger partial charge in [-0.15, -0.1) is 11.3 Å². The van der Waals surface area contributed by atoms with E-state index in [9.17, 15) is 13.6 Å². The first-order chi connectivity index (χ1) is 16.9. The third-order valence-corrected chi connectivity index (χ3v) is 7.58. The fourth-order valence-corrected chi connectivity index (χ4v) is 5.83. The topological polar surface area (TPSA) is 87.0 Å². The number of nitrogens with one attached hydrogen (secondary N) is 2. The van der Waals surface area contributed by atoms with Crippen LogP contribution in [0.1, 0.15) is 32.8 Å². The van der Waals surface area contributed by atoms with Gasteiger partial charge in [-0.1, -0.05) is 6.07 Å².